The molecule has 0 atom stereocenters. The Kier molecular flexibility index (Phi) is 8.46. The number of pyridine rings is 1. The Labute approximate surface area is 291 Å². The largest absolute Gasteiger partial charge is 0.304 e. The third-order valence-electron chi connectivity index (χ3n) is 10.6. The molecule has 0 amide bonds. The van der Waals surface area contributed by atoms with Gasteiger partial charge < -0.3 is 4.98 Å². The molecule has 1 aliphatic rings. The van der Waals surface area contributed by atoms with Gasteiger partial charge in [-0.3, -0.25) is 4.90 Å². The predicted molar refractivity (Wildman–Crippen MR) is 187 cm³/mol. The number of fused-ring (bicyclic) bond motifs is 1. The molecule has 0 fully saturated rings. The van der Waals surface area contributed by atoms with Crippen LogP contribution in [-0.4, -0.2) is 19.9 Å². The van der Waals surface area contributed by atoms with Gasteiger partial charge in [0, 0.05) is 48.8 Å². The number of hydrogen-bond donors (Lipinski definition) is 0. The summed E-state index contributed by atoms with van der Waals surface area (Å²) in [4.78, 5) is 22.0. The van der Waals surface area contributed by atoms with Crippen molar-refractivity contribution >= 4 is 17.3 Å². The van der Waals surface area contributed by atoms with Crippen LogP contribution < -0.4 is 4.90 Å². The van der Waals surface area contributed by atoms with Gasteiger partial charge in [0.15, 0.2) is 11.6 Å². The minimum atomic E-state index is 0. The van der Waals surface area contributed by atoms with Crippen LogP contribution in [0.1, 0.15) is 52.7 Å². The minimum absolute atomic E-state index is 0. The summed E-state index contributed by atoms with van der Waals surface area (Å²) in [6.45, 7) is 14.2. The van der Waals surface area contributed by atoms with E-state index in [1.807, 2.05) is 85.1 Å². The molecule has 0 saturated heterocycles. The molecule has 0 bridgehead atoms. The topological polar surface area (TPSA) is 54.8 Å². The molecule has 2 aromatic heterocycles. The summed E-state index contributed by atoms with van der Waals surface area (Å²) >= 11 is 0. The van der Waals surface area contributed by atoms with E-state index in [0.717, 1.165) is 33.8 Å². The smallest absolute Gasteiger partial charge is 0.238 e. The van der Waals surface area contributed by atoms with Gasteiger partial charge in [-0.2, -0.15) is 9.97 Å². The van der Waals surface area contributed by atoms with Crippen molar-refractivity contribution in [3.63, 3.8) is 0 Å². The second-order valence-electron chi connectivity index (χ2n) is 13.6. The van der Waals surface area contributed by atoms with E-state index in [2.05, 4.69) is 88.9 Å². The molecule has 2 heterocycles. The van der Waals surface area contributed by atoms with Gasteiger partial charge in [-0.15, -0.1) is 34.9 Å². The van der Waals surface area contributed by atoms with Gasteiger partial charge in [0.05, 0.1) is 0 Å². The Bertz CT molecular complexity index is 1970. The molecule has 5 nitrogen and oxygen atoms in total. The first-order valence-electron chi connectivity index (χ1n) is 15.8. The molecule has 0 saturated carbocycles. The van der Waals surface area contributed by atoms with Crippen molar-refractivity contribution in [2.75, 3.05) is 4.90 Å². The average molecular weight is 793 g/mol. The molecular formula is C41H38IrN5-. The summed E-state index contributed by atoms with van der Waals surface area (Å²) in [5.41, 5.74) is 8.39. The third kappa shape index (κ3) is 5.50. The van der Waals surface area contributed by atoms with E-state index in [0.29, 0.717) is 17.6 Å². The number of anilines is 3. The molecule has 0 N–H and O–H groups in total. The molecule has 7 rings (SSSR count). The molecular weight excluding hydrogens is 755 g/mol. The Hall–Kier alpha value is -4.51. The standard InChI is InChI=1S/C41H38N5.Ir/c1-39(2)33-24-22-29(26-34(33)40(3,4)41(39,5)6)35-25-23-30(27-42-35)37-43-36(28-16-10-7-11-17-28)44-38(45-37)46(31-18-12-8-13-19-31)32-20-14-9-15-21-32;/h7-21,23-27H,1-6H3;/q-1;. The maximum Gasteiger partial charge on any atom is 0.238 e. The summed E-state index contributed by atoms with van der Waals surface area (Å²) in [5.74, 6) is 1.69. The van der Waals surface area contributed by atoms with Crippen molar-refractivity contribution in [2.45, 2.75) is 52.4 Å². The third-order valence-corrected chi connectivity index (χ3v) is 10.6. The zero-order valence-corrected chi connectivity index (χ0v) is 30.0. The van der Waals surface area contributed by atoms with Crippen LogP contribution in [0, 0.1) is 11.5 Å². The number of hydrogen-bond acceptors (Lipinski definition) is 5. The SMILES string of the molecule is CC1(C)c2c[c-]c(-c3ccc(-c4nc(-c5ccccc5)nc(N(c5ccccc5)c5ccccc5)n4)cn3)cc2C(C)(C)C1(C)C.[Ir]. The molecule has 1 radical (unpaired) electrons. The van der Waals surface area contributed by atoms with Crippen LogP contribution in [0.3, 0.4) is 0 Å². The van der Waals surface area contributed by atoms with Gasteiger partial charge in [-0.1, -0.05) is 120 Å². The van der Waals surface area contributed by atoms with Crippen molar-refractivity contribution < 1.29 is 20.1 Å². The Balaban J connectivity index is 0.00000386. The van der Waals surface area contributed by atoms with E-state index in [1.54, 1.807) is 0 Å². The van der Waals surface area contributed by atoms with E-state index < -0.39 is 0 Å². The van der Waals surface area contributed by atoms with Crippen LogP contribution >= 0.6 is 0 Å². The van der Waals surface area contributed by atoms with E-state index >= 15 is 0 Å². The first-order valence-corrected chi connectivity index (χ1v) is 15.8. The Morgan fingerprint density at radius 1 is 0.574 bits per heavy atom. The van der Waals surface area contributed by atoms with Crippen molar-refractivity contribution in [3.05, 3.63) is 139 Å². The fraction of sp³-hybridized carbons (Fsp3) is 0.220. The molecule has 0 unspecified atom stereocenters. The molecule has 6 heteroatoms. The van der Waals surface area contributed by atoms with Gasteiger partial charge in [0.1, 0.15) is 0 Å². The van der Waals surface area contributed by atoms with Crippen molar-refractivity contribution in [2.24, 2.45) is 5.41 Å². The van der Waals surface area contributed by atoms with E-state index in [9.17, 15) is 0 Å². The first kappa shape index (κ1) is 32.4. The summed E-state index contributed by atoms with van der Waals surface area (Å²) in [6.07, 6.45) is 1.86. The first-order chi connectivity index (χ1) is 22.1. The maximum absolute atomic E-state index is 5.04. The van der Waals surface area contributed by atoms with Gasteiger partial charge in [0.2, 0.25) is 5.95 Å². The number of aromatic nitrogens is 4. The molecule has 4 aromatic carbocycles. The van der Waals surface area contributed by atoms with Crippen LogP contribution in [0.2, 0.25) is 0 Å². The van der Waals surface area contributed by atoms with E-state index in [4.69, 9.17) is 19.9 Å². The summed E-state index contributed by atoms with van der Waals surface area (Å²) in [7, 11) is 0. The van der Waals surface area contributed by atoms with Crippen LogP contribution in [0.5, 0.6) is 0 Å². The summed E-state index contributed by atoms with van der Waals surface area (Å²) < 4.78 is 0. The van der Waals surface area contributed by atoms with E-state index in [-0.39, 0.29) is 36.4 Å². The molecule has 0 spiro atoms. The monoisotopic (exact) mass is 793 g/mol. The number of para-hydroxylation sites is 2. The van der Waals surface area contributed by atoms with Crippen LogP contribution in [0.25, 0.3) is 34.0 Å². The van der Waals surface area contributed by atoms with Gasteiger partial charge >= 0.3 is 0 Å². The fourth-order valence-corrected chi connectivity index (χ4v) is 6.66. The van der Waals surface area contributed by atoms with Gasteiger partial charge in [0.25, 0.3) is 0 Å². The van der Waals surface area contributed by atoms with Gasteiger partial charge in [-0.05, 0) is 46.2 Å². The van der Waals surface area contributed by atoms with E-state index in [1.165, 1.54) is 11.1 Å². The van der Waals surface area contributed by atoms with Crippen LogP contribution in [0.15, 0.2) is 121 Å². The zero-order valence-electron chi connectivity index (χ0n) is 27.6. The molecule has 0 aliphatic heterocycles. The van der Waals surface area contributed by atoms with Crippen molar-refractivity contribution in [1.29, 1.82) is 0 Å². The van der Waals surface area contributed by atoms with Crippen molar-refractivity contribution in [3.8, 4) is 34.0 Å². The number of rotatable bonds is 6. The summed E-state index contributed by atoms with van der Waals surface area (Å²) in [5, 5.41) is 0. The molecule has 1 aliphatic carbocycles. The zero-order chi connectivity index (χ0) is 32.1. The Morgan fingerprint density at radius 3 is 1.66 bits per heavy atom. The Morgan fingerprint density at radius 2 is 1.11 bits per heavy atom. The quantitative estimate of drug-likeness (QED) is 0.157. The van der Waals surface area contributed by atoms with Crippen LogP contribution in [0.4, 0.5) is 17.3 Å². The van der Waals surface area contributed by atoms with Crippen LogP contribution in [-0.2, 0) is 30.9 Å². The predicted octanol–water partition coefficient (Wildman–Crippen LogP) is 10.1. The fourth-order valence-electron chi connectivity index (χ4n) is 6.66. The summed E-state index contributed by atoms with van der Waals surface area (Å²) in [6, 6.07) is 42.5. The van der Waals surface area contributed by atoms with Crippen molar-refractivity contribution in [1.82, 2.24) is 19.9 Å². The average Bonchev–Trinajstić information content (AvgIpc) is 3.19. The number of benzene rings is 4. The molecule has 237 valence electrons. The second-order valence-corrected chi connectivity index (χ2v) is 13.6. The maximum atomic E-state index is 5.04. The second kappa shape index (κ2) is 12.3. The normalized spacial score (nSPS) is 15.4. The van der Waals surface area contributed by atoms with Gasteiger partial charge in [-0.25, -0.2) is 4.98 Å². The number of nitrogens with zero attached hydrogens (tertiary/aromatic N) is 5. The minimum Gasteiger partial charge on any atom is -0.304 e. The molecule has 6 aromatic rings. The molecule has 47 heavy (non-hydrogen) atoms.